The van der Waals surface area contributed by atoms with Crippen molar-refractivity contribution in [1.29, 1.82) is 0 Å². The van der Waals surface area contributed by atoms with Crippen LogP contribution in [0.1, 0.15) is 68.5 Å². The average molecular weight is 436 g/mol. The lowest BCUT2D eigenvalue weighted by Gasteiger charge is -2.32. The van der Waals surface area contributed by atoms with E-state index in [4.69, 9.17) is 0 Å². The van der Waals surface area contributed by atoms with Crippen molar-refractivity contribution >= 4 is 17.3 Å². The molecule has 2 fully saturated rings. The Kier molecular flexibility index (Phi) is 6.03. The molecule has 0 bridgehead atoms. The Labute approximate surface area is 189 Å². The van der Waals surface area contributed by atoms with E-state index in [2.05, 4.69) is 39.8 Å². The summed E-state index contributed by atoms with van der Waals surface area (Å²) in [6, 6.07) is 8.61. The first-order chi connectivity index (χ1) is 15.6. The molecule has 0 radical (unpaired) electrons. The van der Waals surface area contributed by atoms with Crippen LogP contribution >= 0.6 is 0 Å². The number of carbonyl (C=O) groups excluding carboxylic acids is 1. The molecule has 1 aliphatic heterocycles. The summed E-state index contributed by atoms with van der Waals surface area (Å²) >= 11 is 0. The number of amides is 1. The van der Waals surface area contributed by atoms with Crippen LogP contribution in [0.15, 0.2) is 33.9 Å². The number of fused-ring (bicyclic) bond motifs is 1. The van der Waals surface area contributed by atoms with Crippen molar-refractivity contribution in [2.75, 3.05) is 29.9 Å². The molecule has 1 amide bonds. The van der Waals surface area contributed by atoms with Gasteiger partial charge in [0.2, 0.25) is 5.91 Å². The second kappa shape index (κ2) is 9.08. The number of hydrogen-bond donors (Lipinski definition) is 2. The van der Waals surface area contributed by atoms with E-state index in [1.807, 2.05) is 0 Å². The number of nitrogens with zero attached hydrogens (tertiary/aromatic N) is 1. The Morgan fingerprint density at radius 1 is 0.938 bits per heavy atom. The minimum Gasteiger partial charge on any atom is -0.380 e. The lowest BCUT2D eigenvalue weighted by atomic mass is 9.81. The summed E-state index contributed by atoms with van der Waals surface area (Å²) in [6.07, 6.45) is 9.12. The molecule has 1 saturated heterocycles. The number of hydrogen-bond acceptors (Lipinski definition) is 5. The van der Waals surface area contributed by atoms with Crippen LogP contribution in [0.25, 0.3) is 0 Å². The Bertz CT molecular complexity index is 1040. The highest BCUT2D eigenvalue weighted by molar-refractivity contribution is 5.79. The molecule has 6 heteroatoms. The largest absolute Gasteiger partial charge is 0.380 e. The van der Waals surface area contributed by atoms with Gasteiger partial charge in [-0.05, 0) is 74.8 Å². The fourth-order valence-corrected chi connectivity index (χ4v) is 5.85. The maximum atomic E-state index is 13.0. The molecule has 1 atom stereocenters. The van der Waals surface area contributed by atoms with Gasteiger partial charge in [0.05, 0.1) is 6.04 Å². The molecule has 2 aromatic rings. The van der Waals surface area contributed by atoms with Gasteiger partial charge in [0, 0.05) is 25.6 Å². The lowest BCUT2D eigenvalue weighted by molar-refractivity contribution is -0.127. The van der Waals surface area contributed by atoms with Gasteiger partial charge in [-0.25, -0.2) is 0 Å². The maximum absolute atomic E-state index is 13.0. The SMILES string of the molecule is O=C(NC1CCCc2ccccc21)C1CCC(CNc2c(N3CCCC3)c(=O)c2=O)CC1. The van der Waals surface area contributed by atoms with E-state index in [-0.39, 0.29) is 28.7 Å². The van der Waals surface area contributed by atoms with E-state index in [1.165, 1.54) is 11.1 Å². The number of rotatable bonds is 6. The molecule has 1 unspecified atom stereocenters. The molecule has 2 aromatic carbocycles. The summed E-state index contributed by atoms with van der Waals surface area (Å²) in [5, 5.41) is 6.61. The first kappa shape index (κ1) is 21.2. The summed E-state index contributed by atoms with van der Waals surface area (Å²) in [7, 11) is 0. The van der Waals surface area contributed by atoms with Crippen LogP contribution in [0.4, 0.5) is 11.4 Å². The Morgan fingerprint density at radius 3 is 2.47 bits per heavy atom. The van der Waals surface area contributed by atoms with Crippen molar-refractivity contribution < 1.29 is 4.79 Å². The number of carbonyl (C=O) groups is 1. The molecule has 32 heavy (non-hydrogen) atoms. The fraction of sp³-hybridized carbons (Fsp3) is 0.577. The standard InChI is InChI=1S/C26H33N3O3/c30-24-22(23(25(24)31)29-14-3-4-15-29)27-16-17-10-12-19(13-11-17)26(32)28-21-9-5-7-18-6-1-2-8-20(18)21/h1-2,6,8,17,19,21,27H,3-5,7,9-16H2,(H,28,32). The maximum Gasteiger partial charge on any atom is 0.253 e. The van der Waals surface area contributed by atoms with Gasteiger partial charge in [0.1, 0.15) is 11.4 Å². The van der Waals surface area contributed by atoms with Crippen LogP contribution in [0, 0.1) is 11.8 Å². The van der Waals surface area contributed by atoms with Crippen LogP contribution in [0.5, 0.6) is 0 Å². The lowest BCUT2D eigenvalue weighted by Crippen LogP contribution is -2.42. The van der Waals surface area contributed by atoms with Gasteiger partial charge in [-0.3, -0.25) is 14.4 Å². The van der Waals surface area contributed by atoms with Crippen LogP contribution in [-0.2, 0) is 11.2 Å². The predicted molar refractivity (Wildman–Crippen MR) is 127 cm³/mol. The third-order valence-electron chi connectivity index (χ3n) is 7.78. The molecule has 170 valence electrons. The normalized spacial score (nSPS) is 25.5. The van der Waals surface area contributed by atoms with Gasteiger partial charge >= 0.3 is 0 Å². The minimum absolute atomic E-state index is 0.0756. The summed E-state index contributed by atoms with van der Waals surface area (Å²) in [5.41, 5.74) is 3.07. The van der Waals surface area contributed by atoms with Gasteiger partial charge < -0.3 is 15.5 Å². The molecule has 0 spiro atoms. The number of anilines is 2. The Balaban J connectivity index is 1.12. The zero-order valence-corrected chi connectivity index (χ0v) is 18.7. The van der Waals surface area contributed by atoms with Gasteiger partial charge in [0.15, 0.2) is 0 Å². The number of benzene rings is 1. The molecular formula is C26H33N3O3. The highest BCUT2D eigenvalue weighted by atomic mass is 16.2. The van der Waals surface area contributed by atoms with Crippen molar-refractivity contribution in [2.45, 2.75) is 63.8 Å². The van der Waals surface area contributed by atoms with E-state index in [0.29, 0.717) is 23.8 Å². The summed E-state index contributed by atoms with van der Waals surface area (Å²) in [4.78, 5) is 39.1. The predicted octanol–water partition coefficient (Wildman–Crippen LogP) is 3.29. The van der Waals surface area contributed by atoms with E-state index < -0.39 is 0 Å². The number of aryl methyl sites for hydroxylation is 1. The zero-order chi connectivity index (χ0) is 22.1. The van der Waals surface area contributed by atoms with Crippen LogP contribution in [0.3, 0.4) is 0 Å². The summed E-state index contributed by atoms with van der Waals surface area (Å²) in [6.45, 7) is 2.44. The van der Waals surface area contributed by atoms with Crippen LogP contribution in [-0.4, -0.2) is 25.5 Å². The van der Waals surface area contributed by atoms with Gasteiger partial charge in [0.25, 0.3) is 10.9 Å². The van der Waals surface area contributed by atoms with Crippen LogP contribution < -0.4 is 26.4 Å². The second-order valence-electron chi connectivity index (χ2n) is 9.83. The average Bonchev–Trinajstić information content (AvgIpc) is 3.35. The topological polar surface area (TPSA) is 78.5 Å². The zero-order valence-electron chi connectivity index (χ0n) is 18.7. The molecule has 5 rings (SSSR count). The minimum atomic E-state index is -0.368. The molecule has 2 aliphatic carbocycles. The van der Waals surface area contributed by atoms with Crippen LogP contribution in [0.2, 0.25) is 0 Å². The first-order valence-electron chi connectivity index (χ1n) is 12.3. The third-order valence-corrected chi connectivity index (χ3v) is 7.78. The van der Waals surface area contributed by atoms with Crippen molar-refractivity contribution in [3.05, 3.63) is 55.8 Å². The van der Waals surface area contributed by atoms with Crippen molar-refractivity contribution in [3.8, 4) is 0 Å². The molecule has 1 saturated carbocycles. The third kappa shape index (κ3) is 4.07. The van der Waals surface area contributed by atoms with Crippen molar-refractivity contribution in [1.82, 2.24) is 5.32 Å². The smallest absolute Gasteiger partial charge is 0.253 e. The molecular weight excluding hydrogens is 402 g/mol. The monoisotopic (exact) mass is 435 g/mol. The summed E-state index contributed by atoms with van der Waals surface area (Å²) in [5.74, 6) is 0.703. The second-order valence-corrected chi connectivity index (χ2v) is 9.83. The van der Waals surface area contributed by atoms with E-state index in [1.54, 1.807) is 0 Å². The van der Waals surface area contributed by atoms with Gasteiger partial charge in [-0.15, -0.1) is 0 Å². The molecule has 6 nitrogen and oxygen atoms in total. The van der Waals surface area contributed by atoms with Crippen molar-refractivity contribution in [3.63, 3.8) is 0 Å². The molecule has 1 heterocycles. The Morgan fingerprint density at radius 2 is 1.69 bits per heavy atom. The molecule has 3 aliphatic rings. The van der Waals surface area contributed by atoms with E-state index in [0.717, 1.165) is 70.9 Å². The van der Waals surface area contributed by atoms with Crippen molar-refractivity contribution in [2.24, 2.45) is 11.8 Å². The number of nitrogens with one attached hydrogen (secondary N) is 2. The summed E-state index contributed by atoms with van der Waals surface area (Å²) < 4.78 is 0. The van der Waals surface area contributed by atoms with E-state index in [9.17, 15) is 14.4 Å². The van der Waals surface area contributed by atoms with Gasteiger partial charge in [-0.1, -0.05) is 24.3 Å². The molecule has 0 aromatic heterocycles. The first-order valence-corrected chi connectivity index (χ1v) is 12.3. The highest BCUT2D eigenvalue weighted by Gasteiger charge is 2.31. The fourth-order valence-electron chi connectivity index (χ4n) is 5.85. The molecule has 2 N–H and O–H groups in total. The Hall–Kier alpha value is -2.63. The highest BCUT2D eigenvalue weighted by Crippen LogP contribution is 2.33. The van der Waals surface area contributed by atoms with Gasteiger partial charge in [-0.2, -0.15) is 0 Å². The quantitative estimate of drug-likeness (QED) is 0.681. The van der Waals surface area contributed by atoms with E-state index >= 15 is 0 Å².